The average Bonchev–Trinajstić information content (AvgIpc) is 3.03. The van der Waals surface area contributed by atoms with E-state index in [1.54, 1.807) is 36.9 Å². The third kappa shape index (κ3) is 9.08. The fourth-order valence-corrected chi connectivity index (χ4v) is 1.73. The second-order valence-electron chi connectivity index (χ2n) is 4.19. The molecule has 1 aromatic heterocycles. The Morgan fingerprint density at radius 2 is 1.69 bits per heavy atom. The van der Waals surface area contributed by atoms with Gasteiger partial charge in [-0.05, 0) is 36.8 Å². The minimum absolute atomic E-state index is 0.278. The highest BCUT2D eigenvalue weighted by Gasteiger charge is 2.11. The average molecular weight is 361 g/mol. The molecule has 3 N–H and O–H groups in total. The summed E-state index contributed by atoms with van der Waals surface area (Å²) in [6, 6.07) is 6.02. The highest BCUT2D eigenvalue weighted by atomic mass is 19.1. The van der Waals surface area contributed by atoms with Crippen LogP contribution in [0.2, 0.25) is 0 Å². The van der Waals surface area contributed by atoms with Gasteiger partial charge in [-0.15, -0.1) is 26.0 Å². The summed E-state index contributed by atoms with van der Waals surface area (Å²) in [7, 11) is 1.74. The van der Waals surface area contributed by atoms with Crippen LogP contribution in [0.15, 0.2) is 43.6 Å². The molecule has 0 unspecified atom stereocenters. The first-order chi connectivity index (χ1) is 12.5. The lowest BCUT2D eigenvalue weighted by molar-refractivity contribution is -0.0980. The van der Waals surface area contributed by atoms with Gasteiger partial charge in [0, 0.05) is 18.9 Å². The minimum Gasteiger partial charge on any atom is -0.397 e. The summed E-state index contributed by atoms with van der Waals surface area (Å²) in [6.45, 7) is 13.6. The number of hydrogen-bond donors (Lipinski definition) is 2. The Bertz CT molecular complexity index is 677. The van der Waals surface area contributed by atoms with E-state index >= 15 is 0 Å². The lowest BCUT2D eigenvalue weighted by Gasteiger charge is -2.07. The van der Waals surface area contributed by atoms with Crippen LogP contribution in [0.5, 0.6) is 0 Å². The lowest BCUT2D eigenvalue weighted by Crippen LogP contribution is -2.15. The molecule has 0 radical (unpaired) electrons. The molecule has 0 saturated heterocycles. The summed E-state index contributed by atoms with van der Waals surface area (Å²) < 4.78 is 14.7. The van der Waals surface area contributed by atoms with Crippen LogP contribution in [0.25, 0.3) is 0 Å². The van der Waals surface area contributed by atoms with Crippen LogP contribution >= 0.6 is 0 Å². The molecule has 0 fully saturated rings. The number of nitrogen functional groups attached to an aromatic ring is 1. The number of aryl methyl sites for hydroxylation is 2. The predicted molar refractivity (Wildman–Crippen MR) is 109 cm³/mol. The van der Waals surface area contributed by atoms with E-state index in [1.807, 2.05) is 20.6 Å². The van der Waals surface area contributed by atoms with Gasteiger partial charge in [-0.1, -0.05) is 13.8 Å². The molecule has 2 aromatic rings. The molecule has 5 nitrogen and oxygen atoms in total. The summed E-state index contributed by atoms with van der Waals surface area (Å²) in [5.41, 5.74) is 7.62. The maximum atomic E-state index is 13.1. The Balaban J connectivity index is -0.000000585. The summed E-state index contributed by atoms with van der Waals surface area (Å²) >= 11 is 0. The van der Waals surface area contributed by atoms with Crippen molar-refractivity contribution >= 4 is 24.1 Å². The fourth-order valence-electron chi connectivity index (χ4n) is 1.73. The number of aromatic nitrogens is 1. The van der Waals surface area contributed by atoms with Gasteiger partial charge < -0.3 is 20.4 Å². The number of amides is 1. The smallest absolute Gasteiger partial charge is 0.272 e. The van der Waals surface area contributed by atoms with Gasteiger partial charge in [-0.2, -0.15) is 0 Å². The van der Waals surface area contributed by atoms with E-state index in [2.05, 4.69) is 31.3 Å². The number of anilines is 2. The summed E-state index contributed by atoms with van der Waals surface area (Å²) in [4.78, 5) is 20.0. The summed E-state index contributed by atoms with van der Waals surface area (Å²) in [5.74, 6) is -0.573. The number of nitrogens with one attached hydrogen (secondary N) is 1. The molecule has 26 heavy (non-hydrogen) atoms. The number of carbonyl (C=O) groups is 2. The largest absolute Gasteiger partial charge is 0.397 e. The highest BCUT2D eigenvalue weighted by Crippen LogP contribution is 2.16. The van der Waals surface area contributed by atoms with Crippen molar-refractivity contribution in [3.63, 3.8) is 0 Å². The number of rotatable bonds is 2. The van der Waals surface area contributed by atoms with Gasteiger partial charge in [0.15, 0.2) is 0 Å². The van der Waals surface area contributed by atoms with Crippen molar-refractivity contribution in [2.75, 3.05) is 11.1 Å². The van der Waals surface area contributed by atoms with E-state index in [4.69, 9.17) is 10.5 Å². The number of terminal acetylenes is 1. The molecule has 2 rings (SSSR count). The van der Waals surface area contributed by atoms with E-state index in [0.717, 1.165) is 0 Å². The normalized spacial score (nSPS) is 7.81. The van der Waals surface area contributed by atoms with Gasteiger partial charge in [0.05, 0.1) is 5.69 Å². The van der Waals surface area contributed by atoms with E-state index < -0.39 is 0 Å². The van der Waals surface area contributed by atoms with Crippen LogP contribution in [0.3, 0.4) is 0 Å². The van der Waals surface area contributed by atoms with Crippen molar-refractivity contribution in [3.8, 4) is 12.8 Å². The van der Waals surface area contributed by atoms with Crippen LogP contribution < -0.4 is 11.1 Å². The van der Waals surface area contributed by atoms with Gasteiger partial charge in [-0.25, -0.2) is 4.39 Å². The van der Waals surface area contributed by atoms with Gasteiger partial charge in [0.2, 0.25) is 0 Å². The topological polar surface area (TPSA) is 77.1 Å². The summed E-state index contributed by atoms with van der Waals surface area (Å²) in [5, 5.41) is 2.70. The van der Waals surface area contributed by atoms with Gasteiger partial charge >= 0.3 is 0 Å². The number of halogens is 1. The third-order valence-electron chi connectivity index (χ3n) is 2.67. The Morgan fingerprint density at radius 3 is 2.08 bits per heavy atom. The predicted octanol–water partition coefficient (Wildman–Crippen LogP) is 4.20. The third-order valence-corrected chi connectivity index (χ3v) is 2.67. The fraction of sp³-hybridized carbons (Fsp3) is 0.200. The minimum atomic E-state index is -0.295. The number of nitrogens with zero attached hydrogens (tertiary/aromatic N) is 1. The lowest BCUT2D eigenvalue weighted by atomic mass is 10.2. The quantitative estimate of drug-likeness (QED) is 0.622. The molecule has 0 aliphatic heterocycles. The first-order valence-corrected chi connectivity index (χ1v) is 7.59. The first kappa shape index (κ1) is 27.5. The van der Waals surface area contributed by atoms with Crippen molar-refractivity contribution in [3.05, 3.63) is 60.7 Å². The number of nitrogens with two attached hydrogens (primary N) is 1. The molecule has 0 spiro atoms. The molecular weight excluding hydrogens is 333 g/mol. The van der Waals surface area contributed by atoms with Crippen molar-refractivity contribution in [1.29, 1.82) is 0 Å². The van der Waals surface area contributed by atoms with E-state index in [9.17, 15) is 9.18 Å². The Kier molecular flexibility index (Phi) is 17.5. The molecule has 0 aliphatic carbocycles. The van der Waals surface area contributed by atoms with Crippen LogP contribution in [0.1, 0.15) is 29.9 Å². The maximum Gasteiger partial charge on any atom is 0.272 e. The Labute approximate surface area is 155 Å². The number of benzene rings is 1. The Morgan fingerprint density at radius 1 is 1.19 bits per heavy atom. The SMILES string of the molecule is C#C.C=C.C=O.CC.Cc1cc(NC(=O)c2cc(N)cn2C)ccc1F. The molecule has 142 valence electrons. The zero-order valence-electron chi connectivity index (χ0n) is 15.9. The van der Waals surface area contributed by atoms with Crippen LogP contribution in [-0.4, -0.2) is 17.3 Å². The summed E-state index contributed by atoms with van der Waals surface area (Å²) in [6.07, 6.45) is 9.66. The standard InChI is InChI=1S/C13H14FN3O.C2H6.C2H4.C2H2.CH2O/c1-8-5-10(3-4-11(8)14)16-13(18)12-6-9(15)7-17(12)2;4*1-2/h3-7H,15H2,1-2H3,(H,16,18);1-2H3;1-2H2;1-2H;1H2. The van der Waals surface area contributed by atoms with Crippen molar-refractivity contribution < 1.29 is 14.0 Å². The second kappa shape index (κ2) is 16.5. The van der Waals surface area contributed by atoms with E-state index in [1.165, 1.54) is 12.1 Å². The highest BCUT2D eigenvalue weighted by molar-refractivity contribution is 6.03. The first-order valence-electron chi connectivity index (χ1n) is 7.59. The monoisotopic (exact) mass is 361 g/mol. The number of carbonyl (C=O) groups excluding carboxylic acids is 2. The van der Waals surface area contributed by atoms with Crippen molar-refractivity contribution in [2.24, 2.45) is 7.05 Å². The molecule has 6 heteroatoms. The van der Waals surface area contributed by atoms with Gasteiger partial charge in [0.1, 0.15) is 18.3 Å². The van der Waals surface area contributed by atoms with Gasteiger partial charge in [-0.3, -0.25) is 4.79 Å². The molecule has 1 heterocycles. The van der Waals surface area contributed by atoms with Crippen molar-refractivity contribution in [2.45, 2.75) is 20.8 Å². The Hall–Kier alpha value is -3.33. The van der Waals surface area contributed by atoms with E-state index in [-0.39, 0.29) is 11.7 Å². The molecule has 0 aliphatic rings. The molecule has 1 amide bonds. The molecule has 0 bridgehead atoms. The zero-order valence-corrected chi connectivity index (χ0v) is 15.9. The van der Waals surface area contributed by atoms with Crippen LogP contribution in [0.4, 0.5) is 15.8 Å². The van der Waals surface area contributed by atoms with Crippen LogP contribution in [0, 0.1) is 25.6 Å². The molecule has 0 saturated carbocycles. The van der Waals surface area contributed by atoms with Crippen LogP contribution in [-0.2, 0) is 11.8 Å². The second-order valence-corrected chi connectivity index (χ2v) is 4.19. The molecular formula is C20H28FN3O2. The molecule has 0 atom stereocenters. The maximum absolute atomic E-state index is 13.1. The van der Waals surface area contributed by atoms with Gasteiger partial charge in [0.25, 0.3) is 5.91 Å². The zero-order chi connectivity index (χ0) is 21.3. The van der Waals surface area contributed by atoms with E-state index in [0.29, 0.717) is 22.6 Å². The van der Waals surface area contributed by atoms with Crippen molar-refractivity contribution in [1.82, 2.24) is 4.57 Å². The number of hydrogen-bond acceptors (Lipinski definition) is 3. The molecule has 1 aromatic carbocycles.